The first-order valence-electron chi connectivity index (χ1n) is 8.93. The molecule has 2 aromatic carbocycles. The number of carboxylic acids is 1. The average Bonchev–Trinajstić information content (AvgIpc) is 2.65. The van der Waals surface area contributed by atoms with Crippen LogP contribution in [0, 0.1) is 23.4 Å². The van der Waals surface area contributed by atoms with Crippen LogP contribution in [0.2, 0.25) is 0 Å². The van der Waals surface area contributed by atoms with Gasteiger partial charge in [-0.25, -0.2) is 18.0 Å². The van der Waals surface area contributed by atoms with Crippen molar-refractivity contribution in [3.8, 4) is 11.1 Å². The molecule has 0 bridgehead atoms. The van der Waals surface area contributed by atoms with Crippen molar-refractivity contribution >= 4 is 5.97 Å². The highest BCUT2D eigenvalue weighted by molar-refractivity contribution is 5.92. The van der Waals surface area contributed by atoms with Gasteiger partial charge in [0, 0.05) is 0 Å². The largest absolute Gasteiger partial charge is 0.478 e. The minimum Gasteiger partial charge on any atom is -0.478 e. The molecule has 1 fully saturated rings. The molecule has 0 radical (unpaired) electrons. The second-order valence-corrected chi connectivity index (χ2v) is 6.95. The van der Waals surface area contributed by atoms with Crippen molar-refractivity contribution in [3.05, 3.63) is 58.9 Å². The molecule has 0 amide bonds. The Morgan fingerprint density at radius 2 is 1.69 bits per heavy atom. The summed E-state index contributed by atoms with van der Waals surface area (Å²) < 4.78 is 40.8. The highest BCUT2D eigenvalue weighted by Gasteiger charge is 2.28. The van der Waals surface area contributed by atoms with E-state index in [1.54, 1.807) is 12.1 Å². The van der Waals surface area contributed by atoms with Crippen molar-refractivity contribution in [3.63, 3.8) is 0 Å². The normalized spacial score (nSPS) is 20.2. The summed E-state index contributed by atoms with van der Waals surface area (Å²) in [5.41, 5.74) is 1.37. The molecule has 1 aliphatic rings. The van der Waals surface area contributed by atoms with Crippen LogP contribution >= 0.6 is 0 Å². The van der Waals surface area contributed by atoms with Crippen molar-refractivity contribution in [2.45, 2.75) is 44.9 Å². The quantitative estimate of drug-likeness (QED) is 0.662. The van der Waals surface area contributed by atoms with Crippen LogP contribution in [0.3, 0.4) is 0 Å². The summed E-state index contributed by atoms with van der Waals surface area (Å²) >= 11 is 0. The van der Waals surface area contributed by atoms with Crippen molar-refractivity contribution in [1.82, 2.24) is 0 Å². The SMILES string of the molecule is CC[C@H]1CC[C@H](c2c(C(=O)O)cccc2-c2cc(F)c(F)c(F)c2)CC1. The van der Waals surface area contributed by atoms with Crippen LogP contribution in [0.4, 0.5) is 13.2 Å². The Balaban J connectivity index is 2.12. The molecular formula is C21H21F3O2. The van der Waals surface area contributed by atoms with Crippen LogP contribution in [-0.2, 0) is 0 Å². The second-order valence-electron chi connectivity index (χ2n) is 6.95. The third-order valence-electron chi connectivity index (χ3n) is 5.46. The first-order chi connectivity index (χ1) is 12.4. The van der Waals surface area contributed by atoms with Crippen LogP contribution in [-0.4, -0.2) is 11.1 Å². The molecule has 2 aromatic rings. The molecule has 0 saturated heterocycles. The van der Waals surface area contributed by atoms with Gasteiger partial charge in [-0.1, -0.05) is 25.5 Å². The zero-order chi connectivity index (χ0) is 18.8. The molecule has 1 N–H and O–H groups in total. The molecule has 0 aliphatic heterocycles. The molecular weight excluding hydrogens is 341 g/mol. The van der Waals surface area contributed by atoms with Crippen LogP contribution in [0.1, 0.15) is 60.9 Å². The molecule has 0 heterocycles. The molecule has 2 nitrogen and oxygen atoms in total. The van der Waals surface area contributed by atoms with Gasteiger partial charge in [0.2, 0.25) is 0 Å². The topological polar surface area (TPSA) is 37.3 Å². The van der Waals surface area contributed by atoms with Crippen molar-refractivity contribution in [2.24, 2.45) is 5.92 Å². The van der Waals surface area contributed by atoms with Gasteiger partial charge in [-0.3, -0.25) is 0 Å². The van der Waals surface area contributed by atoms with Gasteiger partial charge in [0.05, 0.1) is 5.56 Å². The number of aromatic carboxylic acids is 1. The van der Waals surface area contributed by atoms with E-state index in [4.69, 9.17) is 0 Å². The Morgan fingerprint density at radius 1 is 1.08 bits per heavy atom. The van der Waals surface area contributed by atoms with E-state index in [1.807, 2.05) is 0 Å². The Kier molecular flexibility index (Phi) is 5.35. The Labute approximate surface area is 150 Å². The third kappa shape index (κ3) is 3.48. The summed E-state index contributed by atoms with van der Waals surface area (Å²) in [6.07, 6.45) is 4.76. The van der Waals surface area contributed by atoms with E-state index in [0.29, 0.717) is 17.0 Å². The van der Waals surface area contributed by atoms with E-state index in [0.717, 1.165) is 44.2 Å². The average molecular weight is 362 g/mol. The van der Waals surface area contributed by atoms with Gasteiger partial charge in [0.1, 0.15) is 0 Å². The Morgan fingerprint density at radius 3 is 2.23 bits per heavy atom. The number of hydrogen-bond acceptors (Lipinski definition) is 1. The van der Waals surface area contributed by atoms with Gasteiger partial charge in [-0.05, 0) is 72.4 Å². The van der Waals surface area contributed by atoms with E-state index in [9.17, 15) is 23.1 Å². The Hall–Kier alpha value is -2.30. The van der Waals surface area contributed by atoms with Crippen LogP contribution in [0.5, 0.6) is 0 Å². The number of carbonyl (C=O) groups is 1. The van der Waals surface area contributed by atoms with Gasteiger partial charge in [-0.15, -0.1) is 0 Å². The highest BCUT2D eigenvalue weighted by atomic mass is 19.2. The van der Waals surface area contributed by atoms with E-state index >= 15 is 0 Å². The monoisotopic (exact) mass is 362 g/mol. The molecule has 0 aromatic heterocycles. The predicted molar refractivity (Wildman–Crippen MR) is 93.7 cm³/mol. The standard InChI is InChI=1S/C21H21F3O2/c1-2-12-6-8-13(9-7-12)19-15(4-3-5-16(19)21(25)26)14-10-17(22)20(24)18(23)11-14/h3-5,10-13H,2,6-9H2,1H3,(H,25,26)/t12-,13-. The Bertz CT molecular complexity index is 801. The first kappa shape index (κ1) is 18.5. The lowest BCUT2D eigenvalue weighted by Crippen LogP contribution is -2.16. The molecule has 5 heteroatoms. The van der Waals surface area contributed by atoms with Gasteiger partial charge >= 0.3 is 5.97 Å². The molecule has 1 saturated carbocycles. The summed E-state index contributed by atoms with van der Waals surface area (Å²) in [5.74, 6) is -4.50. The molecule has 0 unspecified atom stereocenters. The molecule has 26 heavy (non-hydrogen) atoms. The highest BCUT2D eigenvalue weighted by Crippen LogP contribution is 2.42. The smallest absolute Gasteiger partial charge is 0.335 e. The number of halogens is 3. The van der Waals surface area contributed by atoms with Crippen molar-refractivity contribution in [1.29, 1.82) is 0 Å². The van der Waals surface area contributed by atoms with Crippen molar-refractivity contribution in [2.75, 3.05) is 0 Å². The van der Waals surface area contributed by atoms with Crippen LogP contribution < -0.4 is 0 Å². The van der Waals surface area contributed by atoms with E-state index in [-0.39, 0.29) is 17.0 Å². The zero-order valence-electron chi connectivity index (χ0n) is 14.6. The van der Waals surface area contributed by atoms with Gasteiger partial charge in [0.25, 0.3) is 0 Å². The lowest BCUT2D eigenvalue weighted by molar-refractivity contribution is 0.0694. The molecule has 0 atom stereocenters. The van der Waals surface area contributed by atoms with E-state index in [2.05, 4.69) is 6.92 Å². The molecule has 3 rings (SSSR count). The van der Waals surface area contributed by atoms with Crippen LogP contribution in [0.15, 0.2) is 30.3 Å². The number of carboxylic acid groups (broad SMARTS) is 1. The van der Waals surface area contributed by atoms with E-state index < -0.39 is 23.4 Å². The summed E-state index contributed by atoms with van der Waals surface area (Å²) in [4.78, 5) is 11.7. The predicted octanol–water partition coefficient (Wildman–Crippen LogP) is 6.15. The summed E-state index contributed by atoms with van der Waals surface area (Å²) in [5, 5.41) is 9.61. The maximum Gasteiger partial charge on any atom is 0.335 e. The first-order valence-corrected chi connectivity index (χ1v) is 8.93. The lowest BCUT2D eigenvalue weighted by atomic mass is 9.74. The van der Waals surface area contributed by atoms with Gasteiger partial charge < -0.3 is 5.11 Å². The maximum atomic E-state index is 13.7. The molecule has 1 aliphatic carbocycles. The maximum absolute atomic E-state index is 13.7. The fourth-order valence-corrected chi connectivity index (χ4v) is 4.01. The van der Waals surface area contributed by atoms with E-state index in [1.165, 1.54) is 6.07 Å². The number of rotatable bonds is 4. The summed E-state index contributed by atoms with van der Waals surface area (Å²) in [6, 6.07) is 6.59. The van der Waals surface area contributed by atoms with Gasteiger partial charge in [-0.2, -0.15) is 0 Å². The van der Waals surface area contributed by atoms with Crippen molar-refractivity contribution < 1.29 is 23.1 Å². The summed E-state index contributed by atoms with van der Waals surface area (Å²) in [6.45, 7) is 2.14. The molecule has 138 valence electrons. The minimum atomic E-state index is -1.52. The molecule has 0 spiro atoms. The fourth-order valence-electron chi connectivity index (χ4n) is 4.01. The van der Waals surface area contributed by atoms with Gasteiger partial charge in [0.15, 0.2) is 17.5 Å². The third-order valence-corrected chi connectivity index (χ3v) is 5.46. The zero-order valence-corrected chi connectivity index (χ0v) is 14.6. The minimum absolute atomic E-state index is 0.0104. The lowest BCUT2D eigenvalue weighted by Gasteiger charge is -2.30. The number of benzene rings is 2. The number of hydrogen-bond donors (Lipinski definition) is 1. The second kappa shape index (κ2) is 7.52. The summed E-state index contributed by atoms with van der Waals surface area (Å²) in [7, 11) is 0. The fraction of sp³-hybridized carbons (Fsp3) is 0.381. The van der Waals surface area contributed by atoms with Crippen LogP contribution in [0.25, 0.3) is 11.1 Å².